The maximum atomic E-state index is 4.23. The van der Waals surface area contributed by atoms with Gasteiger partial charge in [-0.2, -0.15) is 5.10 Å². The zero-order valence-corrected chi connectivity index (χ0v) is 9.85. The van der Waals surface area contributed by atoms with E-state index in [9.17, 15) is 0 Å². The Labute approximate surface area is 96.0 Å². The molecule has 4 heteroatoms. The number of benzene rings is 1. The first-order chi connectivity index (χ1) is 7.31. The molecule has 2 N–H and O–H groups in total. The summed E-state index contributed by atoms with van der Waals surface area (Å²) in [4.78, 5) is 0. The minimum atomic E-state index is 0.943. The third-order valence-electron chi connectivity index (χ3n) is 2.85. The van der Waals surface area contributed by atoms with Crippen molar-refractivity contribution < 1.29 is 0 Å². The van der Waals surface area contributed by atoms with Crippen molar-refractivity contribution in [2.45, 2.75) is 6.42 Å². The summed E-state index contributed by atoms with van der Waals surface area (Å²) in [7, 11) is 1.90. The first-order valence-electron chi connectivity index (χ1n) is 4.84. The molecule has 76 valence electrons. The molecule has 3 rings (SSSR count). The molecule has 0 unspecified atom stereocenters. The average molecular weight is 264 g/mol. The van der Waals surface area contributed by atoms with Crippen LogP contribution in [0.2, 0.25) is 0 Å². The summed E-state index contributed by atoms with van der Waals surface area (Å²) >= 11 is 3.58. The molecule has 0 saturated carbocycles. The molecule has 3 nitrogen and oxygen atoms in total. The van der Waals surface area contributed by atoms with Crippen LogP contribution in [0, 0.1) is 0 Å². The van der Waals surface area contributed by atoms with Crippen LogP contribution >= 0.6 is 15.9 Å². The molecule has 2 aromatic rings. The van der Waals surface area contributed by atoms with Crippen LogP contribution in [-0.4, -0.2) is 17.2 Å². The number of aromatic amines is 1. The number of nitrogens with one attached hydrogen (secondary N) is 2. The highest BCUT2D eigenvalue weighted by atomic mass is 79.9. The van der Waals surface area contributed by atoms with Gasteiger partial charge in [0, 0.05) is 29.1 Å². The Balaban J connectivity index is 2.24. The Bertz CT molecular complexity index is 531. The van der Waals surface area contributed by atoms with E-state index in [4.69, 9.17) is 0 Å². The predicted octanol–water partition coefficient (Wildman–Crippen LogP) is 2.79. The smallest absolute Gasteiger partial charge is 0.151 e. The first kappa shape index (κ1) is 8.97. The Morgan fingerprint density at radius 1 is 1.40 bits per heavy atom. The number of hydrogen-bond donors (Lipinski definition) is 2. The standard InChI is InChI=1S/C11H10BrN3/c1-13-11-8-5-7-6(10(8)14-15-11)3-2-4-9(7)12/h2-4H,5H2,1H3,(H2,13,14,15). The maximum absolute atomic E-state index is 4.23. The monoisotopic (exact) mass is 263 g/mol. The molecule has 0 saturated heterocycles. The molecule has 0 radical (unpaired) electrons. The lowest BCUT2D eigenvalue weighted by Gasteiger charge is -2.01. The lowest BCUT2D eigenvalue weighted by Crippen LogP contribution is -1.93. The molecule has 0 fully saturated rings. The van der Waals surface area contributed by atoms with Crippen molar-refractivity contribution in [1.82, 2.24) is 10.2 Å². The lowest BCUT2D eigenvalue weighted by atomic mass is 10.1. The number of hydrogen-bond acceptors (Lipinski definition) is 2. The molecular formula is C11H10BrN3. The van der Waals surface area contributed by atoms with Gasteiger partial charge < -0.3 is 5.32 Å². The number of H-pyrrole nitrogens is 1. The van der Waals surface area contributed by atoms with Gasteiger partial charge in [-0.3, -0.25) is 5.10 Å². The van der Waals surface area contributed by atoms with E-state index in [-0.39, 0.29) is 0 Å². The van der Waals surface area contributed by atoms with Crippen molar-refractivity contribution in [2.24, 2.45) is 0 Å². The SMILES string of the molecule is CNc1n[nH]c2c1Cc1c(Br)cccc1-2. The molecule has 1 aromatic heterocycles. The molecule has 1 aromatic carbocycles. The van der Waals surface area contributed by atoms with Crippen molar-refractivity contribution >= 4 is 21.7 Å². The van der Waals surface area contributed by atoms with Crippen LogP contribution in [0.25, 0.3) is 11.3 Å². The van der Waals surface area contributed by atoms with Crippen molar-refractivity contribution in [1.29, 1.82) is 0 Å². The maximum Gasteiger partial charge on any atom is 0.151 e. The molecule has 1 aliphatic rings. The highest BCUT2D eigenvalue weighted by molar-refractivity contribution is 9.10. The number of halogens is 1. The summed E-state index contributed by atoms with van der Waals surface area (Å²) < 4.78 is 1.17. The van der Waals surface area contributed by atoms with Gasteiger partial charge in [-0.1, -0.05) is 28.1 Å². The Morgan fingerprint density at radius 3 is 3.07 bits per heavy atom. The van der Waals surface area contributed by atoms with E-state index in [0.717, 1.165) is 17.9 Å². The summed E-state index contributed by atoms with van der Waals surface area (Å²) in [6, 6.07) is 6.26. The van der Waals surface area contributed by atoms with Gasteiger partial charge in [-0.25, -0.2) is 0 Å². The Kier molecular flexibility index (Phi) is 1.85. The largest absolute Gasteiger partial charge is 0.371 e. The third kappa shape index (κ3) is 1.14. The summed E-state index contributed by atoms with van der Waals surface area (Å²) in [6.45, 7) is 0. The third-order valence-corrected chi connectivity index (χ3v) is 3.59. The van der Waals surface area contributed by atoms with Crippen LogP contribution in [0.15, 0.2) is 22.7 Å². The average Bonchev–Trinajstić information content (AvgIpc) is 2.77. The number of rotatable bonds is 1. The van der Waals surface area contributed by atoms with Crippen molar-refractivity contribution in [3.8, 4) is 11.3 Å². The highest BCUT2D eigenvalue weighted by Gasteiger charge is 2.25. The van der Waals surface area contributed by atoms with Crippen molar-refractivity contribution in [2.75, 3.05) is 12.4 Å². The van der Waals surface area contributed by atoms with E-state index >= 15 is 0 Å². The second-order valence-electron chi connectivity index (χ2n) is 3.62. The summed E-state index contributed by atoms with van der Waals surface area (Å²) in [5.74, 6) is 0.952. The molecule has 15 heavy (non-hydrogen) atoms. The summed E-state index contributed by atoms with van der Waals surface area (Å²) in [5.41, 5.74) is 5.01. The van der Waals surface area contributed by atoms with Gasteiger partial charge in [0.15, 0.2) is 5.82 Å². The topological polar surface area (TPSA) is 40.7 Å². The Hall–Kier alpha value is -1.29. The minimum Gasteiger partial charge on any atom is -0.371 e. The van der Waals surface area contributed by atoms with E-state index in [1.807, 2.05) is 7.05 Å². The molecule has 1 aliphatic carbocycles. The quantitative estimate of drug-likeness (QED) is 0.709. The van der Waals surface area contributed by atoms with Crippen LogP contribution in [-0.2, 0) is 6.42 Å². The molecule has 0 bridgehead atoms. The predicted molar refractivity (Wildman–Crippen MR) is 64.1 cm³/mol. The highest BCUT2D eigenvalue weighted by Crippen LogP contribution is 2.41. The fraction of sp³-hybridized carbons (Fsp3) is 0.182. The van der Waals surface area contributed by atoms with Crippen LogP contribution in [0.1, 0.15) is 11.1 Å². The molecular weight excluding hydrogens is 254 g/mol. The molecule has 0 aliphatic heterocycles. The fourth-order valence-electron chi connectivity index (χ4n) is 2.12. The van der Waals surface area contributed by atoms with Gasteiger partial charge in [-0.15, -0.1) is 0 Å². The normalized spacial score (nSPS) is 12.4. The number of anilines is 1. The summed E-state index contributed by atoms with van der Waals surface area (Å²) in [6.07, 6.45) is 0.943. The van der Waals surface area contributed by atoms with E-state index in [1.54, 1.807) is 0 Å². The zero-order valence-electron chi connectivity index (χ0n) is 8.26. The van der Waals surface area contributed by atoms with E-state index in [1.165, 1.54) is 21.2 Å². The van der Waals surface area contributed by atoms with Gasteiger partial charge in [0.2, 0.25) is 0 Å². The second kappa shape index (κ2) is 3.10. The van der Waals surface area contributed by atoms with Crippen LogP contribution < -0.4 is 5.32 Å². The van der Waals surface area contributed by atoms with Crippen LogP contribution in [0.5, 0.6) is 0 Å². The van der Waals surface area contributed by atoms with Crippen molar-refractivity contribution in [3.63, 3.8) is 0 Å². The molecule has 0 atom stereocenters. The second-order valence-corrected chi connectivity index (χ2v) is 4.47. The number of nitrogens with zero attached hydrogens (tertiary/aromatic N) is 1. The minimum absolute atomic E-state index is 0.943. The van der Waals surface area contributed by atoms with Gasteiger partial charge in [0.05, 0.1) is 5.69 Å². The van der Waals surface area contributed by atoms with E-state index < -0.39 is 0 Å². The molecule has 0 amide bonds. The summed E-state index contributed by atoms with van der Waals surface area (Å²) in [5, 5.41) is 10.4. The zero-order chi connectivity index (χ0) is 10.4. The lowest BCUT2D eigenvalue weighted by molar-refractivity contribution is 1.08. The van der Waals surface area contributed by atoms with Gasteiger partial charge in [0.25, 0.3) is 0 Å². The van der Waals surface area contributed by atoms with Gasteiger partial charge in [0.1, 0.15) is 0 Å². The number of aromatic nitrogens is 2. The molecule has 0 spiro atoms. The van der Waals surface area contributed by atoms with Gasteiger partial charge >= 0.3 is 0 Å². The van der Waals surface area contributed by atoms with Crippen LogP contribution in [0.3, 0.4) is 0 Å². The van der Waals surface area contributed by atoms with Crippen molar-refractivity contribution in [3.05, 3.63) is 33.8 Å². The number of fused-ring (bicyclic) bond motifs is 3. The Morgan fingerprint density at radius 2 is 2.27 bits per heavy atom. The van der Waals surface area contributed by atoms with E-state index in [2.05, 4.69) is 49.6 Å². The van der Waals surface area contributed by atoms with E-state index in [0.29, 0.717) is 0 Å². The first-order valence-corrected chi connectivity index (χ1v) is 5.63. The molecule has 1 heterocycles. The van der Waals surface area contributed by atoms with Crippen LogP contribution in [0.4, 0.5) is 5.82 Å². The fourth-order valence-corrected chi connectivity index (χ4v) is 2.62. The van der Waals surface area contributed by atoms with Gasteiger partial charge in [-0.05, 0) is 11.6 Å².